The molecular formula is C61H61BF10IN11O3S. The lowest BCUT2D eigenvalue weighted by Crippen LogP contribution is -2.48. The Bertz CT molecular complexity index is 3630. The molecule has 1 N–H and O–H groups in total. The van der Waals surface area contributed by atoms with Crippen LogP contribution in [0.3, 0.4) is 0 Å². The molecule has 5 aliphatic rings. The highest BCUT2D eigenvalue weighted by Gasteiger charge is 2.58. The van der Waals surface area contributed by atoms with Gasteiger partial charge in [-0.2, -0.15) is 35.1 Å². The van der Waals surface area contributed by atoms with E-state index >= 15 is 8.78 Å². The van der Waals surface area contributed by atoms with Crippen LogP contribution in [0.5, 0.6) is 0 Å². The quantitative estimate of drug-likeness (QED) is 0.0495. The Morgan fingerprint density at radius 1 is 0.580 bits per heavy atom. The lowest BCUT2D eigenvalue weighted by Gasteiger charge is -2.37. The summed E-state index contributed by atoms with van der Waals surface area (Å²) >= 11 is 1.84. The first kappa shape index (κ1) is 64.2. The van der Waals surface area contributed by atoms with Crippen molar-refractivity contribution in [3.05, 3.63) is 162 Å². The van der Waals surface area contributed by atoms with Gasteiger partial charge in [0.25, 0.3) is 0 Å². The van der Waals surface area contributed by atoms with Gasteiger partial charge in [0, 0.05) is 123 Å². The monoisotopic (exact) mass is 1360 g/mol. The van der Waals surface area contributed by atoms with Crippen molar-refractivity contribution in [1.82, 2.24) is 25.2 Å². The second kappa shape index (κ2) is 25.6. The molecule has 0 saturated carbocycles. The van der Waals surface area contributed by atoms with Gasteiger partial charge in [0.05, 0.1) is 42.0 Å². The molecule has 0 unspecified atom stereocenters. The smallest absolute Gasteiger partial charge is 0.399 e. The molecule has 27 heteroatoms. The van der Waals surface area contributed by atoms with Crippen LogP contribution < -0.4 is 25.1 Å². The van der Waals surface area contributed by atoms with Crippen molar-refractivity contribution in [2.45, 2.75) is 95.0 Å². The molecule has 88 heavy (non-hydrogen) atoms. The van der Waals surface area contributed by atoms with Crippen LogP contribution in [0.2, 0.25) is 0 Å². The minimum Gasteiger partial charge on any atom is -0.399 e. The van der Waals surface area contributed by atoms with Crippen molar-refractivity contribution < 1.29 is 58.3 Å². The van der Waals surface area contributed by atoms with Crippen LogP contribution in [0, 0.1) is 11.6 Å². The summed E-state index contributed by atoms with van der Waals surface area (Å²) in [5.74, 6) is -6.55. The maximum atomic E-state index is 16.1. The molecule has 0 amide bonds. The molecule has 464 valence electrons. The first-order chi connectivity index (χ1) is 41.7. The van der Waals surface area contributed by atoms with Crippen molar-refractivity contribution in [2.24, 2.45) is 9.98 Å². The average molecular weight is 1360 g/mol. The van der Waals surface area contributed by atoms with Crippen LogP contribution in [0.25, 0.3) is 11.1 Å². The highest BCUT2D eigenvalue weighted by atomic mass is 127. The Morgan fingerprint density at radius 2 is 1.03 bits per heavy atom. The Labute approximate surface area is 519 Å². The van der Waals surface area contributed by atoms with Gasteiger partial charge in [-0.3, -0.25) is 15.0 Å². The maximum Gasteiger partial charge on any atom is 0.494 e. The molecule has 7 heterocycles. The van der Waals surface area contributed by atoms with Gasteiger partial charge in [-0.1, -0.05) is 30.3 Å². The zero-order valence-electron chi connectivity index (χ0n) is 48.2. The molecule has 5 aromatic carbocycles. The predicted molar refractivity (Wildman–Crippen MR) is 331 cm³/mol. The van der Waals surface area contributed by atoms with Crippen molar-refractivity contribution in [3.63, 3.8) is 0 Å². The number of anilines is 4. The van der Waals surface area contributed by atoms with E-state index in [4.69, 9.17) is 9.31 Å². The van der Waals surface area contributed by atoms with E-state index in [1.165, 1.54) is 12.3 Å². The summed E-state index contributed by atoms with van der Waals surface area (Å²) in [5.41, 5.74) is 3.85. The molecule has 2 aromatic heterocycles. The summed E-state index contributed by atoms with van der Waals surface area (Å²) < 4.78 is 151. The zero-order chi connectivity index (χ0) is 63.0. The van der Waals surface area contributed by atoms with Crippen LogP contribution >= 0.6 is 31.0 Å². The number of halogens is 11. The summed E-state index contributed by atoms with van der Waals surface area (Å²) in [6.07, 6.45) is -7.79. The number of nitrogens with zero attached hydrogens (tertiary/aromatic N) is 11. The summed E-state index contributed by atoms with van der Waals surface area (Å²) in [5, 5.41) is 21.7. The third-order valence-electron chi connectivity index (χ3n) is 16.7. The van der Waals surface area contributed by atoms with Crippen molar-refractivity contribution in [3.8, 4) is 11.1 Å². The number of fused-ring (bicyclic) bond motifs is 2. The lowest BCUT2D eigenvalue weighted by atomic mass is 9.79. The average Bonchev–Trinajstić information content (AvgIpc) is 1.05. The molecule has 3 fully saturated rings. The second-order valence-corrected chi connectivity index (χ2v) is 23.1. The van der Waals surface area contributed by atoms with Gasteiger partial charge < -0.3 is 34.0 Å². The SMILES string of the molecule is CC1(C)OB(c2ccc(N3CCN(c4ccc5c(c4)CC(CC(F)(F)F)=N5)CC3)cc2)OC1(C)C.O[C@@](Cn1cnnn1)(c1ccc(F)cc1F)C(F)(F)c1ccc(-c2ccc(N3CCN(c4ccc5c(c4)CC(CC(F)(F)F)=N5)CC3)cc2)cn1.SI. The molecule has 0 spiro atoms. The lowest BCUT2D eigenvalue weighted by molar-refractivity contribution is -0.207. The summed E-state index contributed by atoms with van der Waals surface area (Å²) in [4.78, 5) is 21.3. The van der Waals surface area contributed by atoms with E-state index in [1.54, 1.807) is 6.07 Å². The van der Waals surface area contributed by atoms with Crippen LogP contribution in [-0.4, -0.2) is 125 Å². The summed E-state index contributed by atoms with van der Waals surface area (Å²) in [6.45, 7) is 13.4. The Hall–Kier alpha value is -6.82. The number of aromatic nitrogens is 5. The van der Waals surface area contributed by atoms with Gasteiger partial charge in [0.1, 0.15) is 23.7 Å². The van der Waals surface area contributed by atoms with E-state index in [2.05, 4.69) is 112 Å². The normalized spacial score (nSPS) is 17.9. The van der Waals surface area contributed by atoms with Gasteiger partial charge in [0.15, 0.2) is 5.60 Å². The first-order valence-corrected chi connectivity index (χ1v) is 31.4. The van der Waals surface area contributed by atoms with E-state index in [1.807, 2.05) is 75.8 Å². The highest BCUT2D eigenvalue weighted by molar-refractivity contribution is 14.2. The van der Waals surface area contributed by atoms with E-state index < -0.39 is 66.2 Å². The molecule has 3 saturated heterocycles. The van der Waals surface area contributed by atoms with Crippen LogP contribution in [0.4, 0.5) is 78.0 Å². The number of rotatable bonds is 13. The minimum atomic E-state index is -4.29. The minimum absolute atomic E-state index is 0.121. The number of hydrogen-bond acceptors (Lipinski definition) is 14. The molecule has 0 bridgehead atoms. The van der Waals surface area contributed by atoms with E-state index in [9.17, 15) is 40.2 Å². The van der Waals surface area contributed by atoms with Gasteiger partial charge in [-0.05, 0) is 160 Å². The predicted octanol–water partition coefficient (Wildman–Crippen LogP) is 12.8. The number of pyridine rings is 1. The van der Waals surface area contributed by atoms with Gasteiger partial charge >= 0.3 is 25.4 Å². The first-order valence-electron chi connectivity index (χ1n) is 28.2. The molecule has 1 atom stereocenters. The number of aliphatic imine (C=N–C) groups is 2. The number of hydrogen-bond donors (Lipinski definition) is 2. The molecule has 5 aliphatic heterocycles. The Kier molecular flexibility index (Phi) is 18.7. The number of piperazine rings is 2. The number of thiol groups is 1. The maximum absolute atomic E-state index is 16.1. The molecule has 0 aliphatic carbocycles. The number of alkyl halides is 8. The van der Waals surface area contributed by atoms with Crippen molar-refractivity contribution in [2.75, 3.05) is 72.0 Å². The van der Waals surface area contributed by atoms with E-state index in [0.717, 1.165) is 94.7 Å². The zero-order valence-corrected chi connectivity index (χ0v) is 51.2. The Morgan fingerprint density at radius 3 is 1.47 bits per heavy atom. The molecule has 0 radical (unpaired) electrons. The van der Waals surface area contributed by atoms with Gasteiger partial charge in [0.2, 0.25) is 0 Å². The van der Waals surface area contributed by atoms with Crippen LogP contribution in [0.1, 0.15) is 62.9 Å². The van der Waals surface area contributed by atoms with Crippen molar-refractivity contribution >= 4 is 89.1 Å². The Balaban J connectivity index is 0.000000202. The fourth-order valence-corrected chi connectivity index (χ4v) is 11.3. The molecule has 7 aromatic rings. The number of aliphatic hydroxyl groups is 1. The highest BCUT2D eigenvalue weighted by Crippen LogP contribution is 2.47. The van der Waals surface area contributed by atoms with Gasteiger partial charge in [-0.25, -0.2) is 13.5 Å². The summed E-state index contributed by atoms with van der Waals surface area (Å²) in [6, 6.07) is 31.6. The van der Waals surface area contributed by atoms with Crippen LogP contribution in [-0.2, 0) is 40.2 Å². The number of benzene rings is 5. The standard InChI is InChI=1S/C35H29F7N8O.C26H31BF3N3O2.HIS/c36-25-4-8-29(30(37)17-25)33(51,20-50-21-44-46-47-50)35(41,42)32-10-3-23(19-43-32)22-1-5-27(6-2-22)48-11-13-49(14-12-48)28-7-9-31-24(16-28)15-26(45-31)18-34(38,39)40;1-24(2)25(3,4)35-27(34-24)19-5-7-21(8-6-19)32-11-13-33(14-12-32)22-9-10-23-18(16-22)15-20(31-23)17-26(28,29)30;1-2/h1-10,16-17,19,21,51H,11-15,18,20H2;5-10,16H,11-15,17H2,1-4H3;2H/t33-;;/m0../s1. The topological polar surface area (TPSA) is 133 Å². The third-order valence-corrected chi connectivity index (χ3v) is 16.7. The van der Waals surface area contributed by atoms with Crippen molar-refractivity contribution in [1.29, 1.82) is 0 Å². The molecular weight excluding hydrogens is 1290 g/mol. The van der Waals surface area contributed by atoms with Crippen LogP contribution in [0.15, 0.2) is 138 Å². The molecule has 14 nitrogen and oxygen atoms in total. The van der Waals surface area contributed by atoms with E-state index in [-0.39, 0.29) is 42.6 Å². The second-order valence-electron chi connectivity index (χ2n) is 23.1. The van der Waals surface area contributed by atoms with E-state index in [0.29, 0.717) is 54.7 Å². The largest absolute Gasteiger partial charge is 0.494 e. The molecule has 12 rings (SSSR count). The van der Waals surface area contributed by atoms with Gasteiger partial charge in [-0.15, -0.1) is 14.9 Å². The third kappa shape index (κ3) is 14.3. The fourth-order valence-electron chi connectivity index (χ4n) is 11.3. The summed E-state index contributed by atoms with van der Waals surface area (Å²) in [7, 11) is 3.13. The number of tetrazole rings is 1. The fraction of sp³-hybridized carbons (Fsp3) is 0.377.